The van der Waals surface area contributed by atoms with Gasteiger partial charge in [-0.3, -0.25) is 0 Å². The first-order valence-electron chi connectivity index (χ1n) is 8.96. The average molecular weight is 327 g/mol. The third-order valence-corrected chi connectivity index (χ3v) is 5.82. The van der Waals surface area contributed by atoms with Gasteiger partial charge in [0, 0.05) is 17.3 Å². The Morgan fingerprint density at radius 2 is 1.92 bits per heavy atom. The first kappa shape index (κ1) is 14.6. The molecule has 3 aliphatic carbocycles. The Kier molecular flexibility index (Phi) is 3.14. The molecule has 2 aromatic carbocycles. The summed E-state index contributed by atoms with van der Waals surface area (Å²) in [5, 5.41) is 0. The van der Waals surface area contributed by atoms with Crippen molar-refractivity contribution in [2.45, 2.75) is 12.8 Å². The van der Waals surface area contributed by atoms with E-state index < -0.39 is 0 Å². The second kappa shape index (κ2) is 5.38. The van der Waals surface area contributed by atoms with Crippen molar-refractivity contribution in [1.82, 2.24) is 0 Å². The first-order valence-corrected chi connectivity index (χ1v) is 8.96. The van der Waals surface area contributed by atoms with Gasteiger partial charge in [-0.15, -0.1) is 0 Å². The van der Waals surface area contributed by atoms with E-state index in [1.165, 1.54) is 6.42 Å². The fraction of sp³-hybridized carbons (Fsp3) is 0.217. The summed E-state index contributed by atoms with van der Waals surface area (Å²) in [4.78, 5) is 0. The number of rotatable bonds is 3. The van der Waals surface area contributed by atoms with E-state index in [4.69, 9.17) is 10.5 Å². The number of benzene rings is 2. The zero-order chi connectivity index (χ0) is 16.9. The van der Waals surface area contributed by atoms with Crippen LogP contribution in [0.15, 0.2) is 84.7 Å². The molecule has 2 bridgehead atoms. The van der Waals surface area contributed by atoms with Crippen molar-refractivity contribution in [3.8, 4) is 16.9 Å². The Morgan fingerprint density at radius 1 is 1.04 bits per heavy atom. The molecule has 3 atom stereocenters. The molecule has 1 fully saturated rings. The van der Waals surface area contributed by atoms with Crippen molar-refractivity contribution >= 4 is 5.69 Å². The smallest absolute Gasteiger partial charge is 0.136 e. The molecule has 0 aromatic heterocycles. The van der Waals surface area contributed by atoms with Gasteiger partial charge < -0.3 is 10.5 Å². The number of ether oxygens (including phenoxy) is 1. The maximum absolute atomic E-state index is 6.53. The van der Waals surface area contributed by atoms with Crippen molar-refractivity contribution < 1.29 is 4.74 Å². The van der Waals surface area contributed by atoms with Crippen LogP contribution in [0.3, 0.4) is 0 Å². The summed E-state index contributed by atoms with van der Waals surface area (Å²) in [7, 11) is 0. The molecule has 1 spiro atoms. The van der Waals surface area contributed by atoms with Crippen LogP contribution in [-0.4, -0.2) is 0 Å². The zero-order valence-electron chi connectivity index (χ0n) is 14.1. The summed E-state index contributed by atoms with van der Waals surface area (Å²) in [5.74, 6) is 3.12. The highest BCUT2D eigenvalue weighted by molar-refractivity contribution is 5.73. The number of fused-ring (bicyclic) bond motifs is 1. The quantitative estimate of drug-likeness (QED) is 0.771. The first-order chi connectivity index (χ1) is 12.2. The third-order valence-electron chi connectivity index (χ3n) is 5.82. The minimum absolute atomic E-state index is 0.0397. The predicted octanol–water partition coefficient (Wildman–Crippen LogP) is 5.35. The Balaban J connectivity index is 1.55. The van der Waals surface area contributed by atoms with Crippen molar-refractivity contribution in [3.63, 3.8) is 0 Å². The van der Waals surface area contributed by atoms with E-state index >= 15 is 0 Å². The molecule has 2 N–H and O–H groups in total. The molecule has 0 saturated heterocycles. The van der Waals surface area contributed by atoms with E-state index in [9.17, 15) is 0 Å². The van der Waals surface area contributed by atoms with Crippen molar-refractivity contribution in [3.05, 3.63) is 84.7 Å². The largest absolute Gasteiger partial charge is 0.460 e. The Morgan fingerprint density at radius 3 is 2.80 bits per heavy atom. The van der Waals surface area contributed by atoms with Crippen LogP contribution < -0.4 is 10.5 Å². The third kappa shape index (κ3) is 2.25. The van der Waals surface area contributed by atoms with Gasteiger partial charge >= 0.3 is 0 Å². The lowest BCUT2D eigenvalue weighted by Crippen LogP contribution is -2.28. The molecule has 0 heterocycles. The number of hydrogen-bond donors (Lipinski definition) is 1. The maximum atomic E-state index is 6.53. The molecule has 2 nitrogen and oxygen atoms in total. The summed E-state index contributed by atoms with van der Waals surface area (Å²) < 4.78 is 6.53. The molecule has 0 amide bonds. The fourth-order valence-electron chi connectivity index (χ4n) is 4.66. The molecule has 2 heteroatoms. The van der Waals surface area contributed by atoms with E-state index in [-0.39, 0.29) is 5.41 Å². The Labute approximate surface area is 148 Å². The predicted molar refractivity (Wildman–Crippen MR) is 102 cm³/mol. The van der Waals surface area contributed by atoms with Gasteiger partial charge in [-0.1, -0.05) is 54.6 Å². The molecule has 0 radical (unpaired) electrons. The van der Waals surface area contributed by atoms with Gasteiger partial charge in [-0.05, 0) is 48.4 Å². The molecule has 0 aliphatic heterocycles. The van der Waals surface area contributed by atoms with E-state index in [2.05, 4.69) is 60.7 Å². The number of nitrogens with two attached hydrogens (primary N) is 1. The standard InChI is InChI=1S/C23H21NO/c24-19-9-10-20(17-6-2-1-3-7-17)21(14-19)25-22-13-16-12-18-8-4-5-11-23(18,22)15-16/h1-11,13-14,16,18H,12,15,24H2. The highest BCUT2D eigenvalue weighted by Gasteiger charge is 2.53. The number of nitrogen functional groups attached to an aromatic ring is 1. The highest BCUT2D eigenvalue weighted by atomic mass is 16.5. The van der Waals surface area contributed by atoms with Gasteiger partial charge in [0.25, 0.3) is 0 Å². The number of anilines is 1. The summed E-state index contributed by atoms with van der Waals surface area (Å²) in [6.45, 7) is 0. The van der Waals surface area contributed by atoms with Crippen LogP contribution in [0.25, 0.3) is 11.1 Å². The molecule has 2 aromatic rings. The van der Waals surface area contributed by atoms with Gasteiger partial charge in [0.1, 0.15) is 11.5 Å². The summed E-state index contributed by atoms with van der Waals surface area (Å²) in [5.41, 5.74) is 9.06. The van der Waals surface area contributed by atoms with Gasteiger partial charge in [-0.25, -0.2) is 0 Å². The summed E-state index contributed by atoms with van der Waals surface area (Å²) in [6.07, 6.45) is 13.7. The minimum atomic E-state index is 0.0397. The Hall–Kier alpha value is -2.74. The lowest BCUT2D eigenvalue weighted by molar-refractivity contribution is 0.258. The van der Waals surface area contributed by atoms with E-state index in [0.29, 0.717) is 11.8 Å². The van der Waals surface area contributed by atoms with E-state index in [1.54, 1.807) is 0 Å². The maximum Gasteiger partial charge on any atom is 0.136 e. The zero-order valence-corrected chi connectivity index (χ0v) is 14.1. The Bertz CT molecular complexity index is 909. The summed E-state index contributed by atoms with van der Waals surface area (Å²) >= 11 is 0. The molecule has 3 unspecified atom stereocenters. The molecular formula is C23H21NO. The second-order valence-corrected chi connectivity index (χ2v) is 7.35. The second-order valence-electron chi connectivity index (χ2n) is 7.35. The van der Waals surface area contributed by atoms with Crippen LogP contribution >= 0.6 is 0 Å². The minimum Gasteiger partial charge on any atom is -0.460 e. The monoisotopic (exact) mass is 327 g/mol. The fourth-order valence-corrected chi connectivity index (χ4v) is 4.66. The topological polar surface area (TPSA) is 35.2 Å². The number of hydrogen-bond acceptors (Lipinski definition) is 2. The SMILES string of the molecule is Nc1ccc(-c2ccccc2)c(OC2=CC3CC4C=CC=CC24C3)c1. The van der Waals surface area contributed by atoms with E-state index in [1.807, 2.05) is 18.2 Å². The van der Waals surface area contributed by atoms with Gasteiger partial charge in [0.2, 0.25) is 0 Å². The van der Waals surface area contributed by atoms with Crippen LogP contribution in [0.5, 0.6) is 5.75 Å². The molecule has 3 aliphatic rings. The van der Waals surface area contributed by atoms with E-state index in [0.717, 1.165) is 34.7 Å². The molecule has 124 valence electrons. The number of allylic oxidation sites excluding steroid dienone is 5. The average Bonchev–Trinajstić information content (AvgIpc) is 3.16. The molecule has 5 rings (SSSR count). The van der Waals surface area contributed by atoms with Crippen LogP contribution in [0.4, 0.5) is 5.69 Å². The van der Waals surface area contributed by atoms with Gasteiger partial charge in [-0.2, -0.15) is 0 Å². The van der Waals surface area contributed by atoms with Crippen LogP contribution in [0.2, 0.25) is 0 Å². The normalized spacial score (nSPS) is 28.7. The van der Waals surface area contributed by atoms with Crippen LogP contribution in [0.1, 0.15) is 12.8 Å². The van der Waals surface area contributed by atoms with Crippen molar-refractivity contribution in [2.75, 3.05) is 5.73 Å². The molecule has 25 heavy (non-hydrogen) atoms. The lowest BCUT2D eigenvalue weighted by atomic mass is 9.74. The summed E-state index contributed by atoms with van der Waals surface area (Å²) in [6, 6.07) is 16.3. The lowest BCUT2D eigenvalue weighted by Gasteiger charge is -2.34. The molecular weight excluding hydrogens is 306 g/mol. The van der Waals surface area contributed by atoms with Gasteiger partial charge in [0.15, 0.2) is 0 Å². The van der Waals surface area contributed by atoms with Gasteiger partial charge in [0.05, 0.1) is 5.41 Å². The molecule has 1 saturated carbocycles. The van der Waals surface area contributed by atoms with Crippen LogP contribution in [0, 0.1) is 17.3 Å². The van der Waals surface area contributed by atoms with Crippen molar-refractivity contribution in [1.29, 1.82) is 0 Å². The van der Waals surface area contributed by atoms with Crippen LogP contribution in [-0.2, 0) is 0 Å². The highest BCUT2D eigenvalue weighted by Crippen LogP contribution is 2.60. The van der Waals surface area contributed by atoms with Crippen molar-refractivity contribution in [2.24, 2.45) is 17.3 Å².